The molecular weight excluding hydrogens is 277 g/mol. The third kappa shape index (κ3) is 2.76. The molecule has 0 aliphatic rings. The minimum atomic E-state index is -4.86. The van der Waals surface area contributed by atoms with Crippen LogP contribution in [0.3, 0.4) is 0 Å². The monoisotopic (exact) mass is 286 g/mol. The standard InChI is InChI=1S/C11H9F3N4O2/c1-6-3-2-4-7(15-6)5-18-9(11(12,13)14)8(10(19)20)16-17-18/h2-4H,5H2,1H3,(H,19,20). The first-order valence-electron chi connectivity index (χ1n) is 5.45. The second kappa shape index (κ2) is 4.91. The smallest absolute Gasteiger partial charge is 0.435 e. The van der Waals surface area contributed by atoms with Gasteiger partial charge in [-0.3, -0.25) is 4.98 Å². The van der Waals surface area contributed by atoms with Crippen molar-refractivity contribution in [3.8, 4) is 0 Å². The lowest BCUT2D eigenvalue weighted by Crippen LogP contribution is -2.19. The Morgan fingerprint density at radius 2 is 2.10 bits per heavy atom. The van der Waals surface area contributed by atoms with Crippen molar-refractivity contribution in [3.05, 3.63) is 41.0 Å². The number of pyridine rings is 1. The summed E-state index contributed by atoms with van der Waals surface area (Å²) in [5.74, 6) is -1.78. The van der Waals surface area contributed by atoms with Crippen LogP contribution in [-0.4, -0.2) is 31.1 Å². The Morgan fingerprint density at radius 3 is 2.65 bits per heavy atom. The van der Waals surface area contributed by atoms with E-state index in [1.54, 1.807) is 19.1 Å². The van der Waals surface area contributed by atoms with Gasteiger partial charge in [-0.1, -0.05) is 11.3 Å². The van der Waals surface area contributed by atoms with E-state index in [2.05, 4.69) is 15.3 Å². The summed E-state index contributed by atoms with van der Waals surface area (Å²) in [5.41, 5.74) is -1.55. The predicted octanol–water partition coefficient (Wildman–Crippen LogP) is 1.75. The van der Waals surface area contributed by atoms with Crippen molar-refractivity contribution >= 4 is 5.97 Å². The second-order valence-electron chi connectivity index (χ2n) is 4.02. The molecular formula is C11H9F3N4O2. The number of halogens is 3. The summed E-state index contributed by atoms with van der Waals surface area (Å²) in [6.07, 6.45) is -4.86. The summed E-state index contributed by atoms with van der Waals surface area (Å²) in [4.78, 5) is 14.8. The van der Waals surface area contributed by atoms with Gasteiger partial charge in [0.15, 0.2) is 5.69 Å². The lowest BCUT2D eigenvalue weighted by atomic mass is 10.3. The third-order valence-corrected chi connectivity index (χ3v) is 2.46. The van der Waals surface area contributed by atoms with Gasteiger partial charge < -0.3 is 5.11 Å². The van der Waals surface area contributed by atoms with Crippen molar-refractivity contribution in [2.45, 2.75) is 19.6 Å². The highest BCUT2D eigenvalue weighted by Crippen LogP contribution is 2.31. The van der Waals surface area contributed by atoms with Gasteiger partial charge in [0.05, 0.1) is 12.2 Å². The maximum atomic E-state index is 12.9. The molecule has 0 radical (unpaired) electrons. The largest absolute Gasteiger partial charge is 0.476 e. The first kappa shape index (κ1) is 14.0. The molecule has 0 aliphatic carbocycles. The molecule has 0 unspecified atom stereocenters. The normalized spacial score (nSPS) is 11.6. The zero-order valence-electron chi connectivity index (χ0n) is 10.2. The summed E-state index contributed by atoms with van der Waals surface area (Å²) >= 11 is 0. The van der Waals surface area contributed by atoms with E-state index in [1.807, 2.05) is 0 Å². The minimum absolute atomic E-state index is 0.309. The number of hydrogen-bond acceptors (Lipinski definition) is 4. The summed E-state index contributed by atoms with van der Waals surface area (Å²) in [6.45, 7) is 1.38. The van der Waals surface area contributed by atoms with Gasteiger partial charge in [-0.25, -0.2) is 9.48 Å². The van der Waals surface area contributed by atoms with Gasteiger partial charge in [-0.2, -0.15) is 13.2 Å². The van der Waals surface area contributed by atoms with Crippen molar-refractivity contribution in [2.75, 3.05) is 0 Å². The van der Waals surface area contributed by atoms with Crippen molar-refractivity contribution in [1.82, 2.24) is 20.0 Å². The molecule has 2 rings (SSSR count). The van der Waals surface area contributed by atoms with Crippen LogP contribution >= 0.6 is 0 Å². The highest BCUT2D eigenvalue weighted by Gasteiger charge is 2.41. The number of carboxylic acid groups (broad SMARTS) is 1. The summed E-state index contributed by atoms with van der Waals surface area (Å²) in [6, 6.07) is 4.85. The number of aromatic carboxylic acids is 1. The van der Waals surface area contributed by atoms with E-state index >= 15 is 0 Å². The first-order chi connectivity index (χ1) is 9.29. The van der Waals surface area contributed by atoms with Crippen LogP contribution in [0.15, 0.2) is 18.2 Å². The molecule has 106 valence electrons. The quantitative estimate of drug-likeness (QED) is 0.929. The summed E-state index contributed by atoms with van der Waals surface area (Å²) in [5, 5.41) is 15.0. The Balaban J connectivity index is 2.45. The number of carboxylic acids is 1. The lowest BCUT2D eigenvalue weighted by molar-refractivity contribution is -0.144. The average Bonchev–Trinajstić information content (AvgIpc) is 2.72. The fraction of sp³-hybridized carbons (Fsp3) is 0.273. The van der Waals surface area contributed by atoms with Crippen molar-refractivity contribution in [2.24, 2.45) is 0 Å². The molecule has 2 aromatic heterocycles. The van der Waals surface area contributed by atoms with Crippen LogP contribution in [0.2, 0.25) is 0 Å². The molecule has 9 heteroatoms. The second-order valence-corrected chi connectivity index (χ2v) is 4.02. The van der Waals surface area contributed by atoms with E-state index in [0.717, 1.165) is 0 Å². The van der Waals surface area contributed by atoms with E-state index in [-0.39, 0.29) is 6.54 Å². The Kier molecular flexibility index (Phi) is 3.43. The zero-order chi connectivity index (χ0) is 14.9. The molecule has 2 aromatic rings. The Labute approximate surface area is 110 Å². The number of rotatable bonds is 3. The molecule has 0 saturated carbocycles. The number of nitrogens with zero attached hydrogens (tertiary/aromatic N) is 4. The molecule has 1 N–H and O–H groups in total. The topological polar surface area (TPSA) is 80.9 Å². The molecule has 0 atom stereocenters. The SMILES string of the molecule is Cc1cccc(Cn2nnc(C(=O)O)c2C(F)(F)F)n1. The number of aromatic nitrogens is 4. The molecule has 20 heavy (non-hydrogen) atoms. The molecule has 0 bridgehead atoms. The predicted molar refractivity (Wildman–Crippen MR) is 60.1 cm³/mol. The molecule has 0 spiro atoms. The molecule has 0 amide bonds. The van der Waals surface area contributed by atoms with Crippen LogP contribution in [0.4, 0.5) is 13.2 Å². The van der Waals surface area contributed by atoms with Gasteiger partial charge in [0, 0.05) is 5.69 Å². The Hall–Kier alpha value is -2.45. The zero-order valence-corrected chi connectivity index (χ0v) is 10.2. The number of alkyl halides is 3. The van der Waals surface area contributed by atoms with Gasteiger partial charge in [0.2, 0.25) is 5.69 Å². The van der Waals surface area contributed by atoms with Crippen LogP contribution < -0.4 is 0 Å². The number of hydrogen-bond donors (Lipinski definition) is 1. The molecule has 6 nitrogen and oxygen atoms in total. The van der Waals surface area contributed by atoms with Crippen LogP contribution in [0.5, 0.6) is 0 Å². The van der Waals surface area contributed by atoms with E-state index < -0.39 is 23.5 Å². The molecule has 0 saturated heterocycles. The van der Waals surface area contributed by atoms with Gasteiger partial charge in [-0.05, 0) is 19.1 Å². The van der Waals surface area contributed by atoms with Gasteiger partial charge in [-0.15, -0.1) is 5.10 Å². The maximum absolute atomic E-state index is 12.9. The molecule has 0 aliphatic heterocycles. The highest BCUT2D eigenvalue weighted by molar-refractivity contribution is 5.86. The van der Waals surface area contributed by atoms with Crippen LogP contribution in [0.1, 0.15) is 27.6 Å². The lowest BCUT2D eigenvalue weighted by Gasteiger charge is -2.09. The van der Waals surface area contributed by atoms with E-state index in [4.69, 9.17) is 5.11 Å². The fourth-order valence-corrected chi connectivity index (χ4v) is 1.69. The molecule has 0 fully saturated rings. The minimum Gasteiger partial charge on any atom is -0.476 e. The fourth-order valence-electron chi connectivity index (χ4n) is 1.69. The summed E-state index contributed by atoms with van der Waals surface area (Å²) < 4.78 is 39.2. The van der Waals surface area contributed by atoms with Crippen molar-refractivity contribution < 1.29 is 23.1 Å². The van der Waals surface area contributed by atoms with Crippen molar-refractivity contribution in [3.63, 3.8) is 0 Å². The third-order valence-electron chi connectivity index (χ3n) is 2.46. The maximum Gasteiger partial charge on any atom is 0.435 e. The first-order valence-corrected chi connectivity index (χ1v) is 5.45. The van der Waals surface area contributed by atoms with E-state index in [0.29, 0.717) is 16.1 Å². The van der Waals surface area contributed by atoms with E-state index in [1.165, 1.54) is 6.07 Å². The van der Waals surface area contributed by atoms with Crippen molar-refractivity contribution in [1.29, 1.82) is 0 Å². The van der Waals surface area contributed by atoms with E-state index in [9.17, 15) is 18.0 Å². The number of carbonyl (C=O) groups is 1. The van der Waals surface area contributed by atoms with Gasteiger partial charge in [0.25, 0.3) is 0 Å². The van der Waals surface area contributed by atoms with Gasteiger partial charge >= 0.3 is 12.1 Å². The van der Waals surface area contributed by atoms with Gasteiger partial charge in [0.1, 0.15) is 0 Å². The Morgan fingerprint density at radius 1 is 1.40 bits per heavy atom. The van der Waals surface area contributed by atoms with Crippen LogP contribution in [-0.2, 0) is 12.7 Å². The number of aryl methyl sites for hydroxylation is 1. The van der Waals surface area contributed by atoms with Crippen LogP contribution in [0.25, 0.3) is 0 Å². The highest BCUT2D eigenvalue weighted by atomic mass is 19.4. The Bertz CT molecular complexity index is 651. The summed E-state index contributed by atoms with van der Waals surface area (Å²) in [7, 11) is 0. The molecule has 2 heterocycles. The van der Waals surface area contributed by atoms with Crippen LogP contribution in [0, 0.1) is 6.92 Å². The average molecular weight is 286 g/mol. The molecule has 0 aromatic carbocycles.